The maximum atomic E-state index is 11.7. The molecule has 1 amide bonds. The van der Waals surface area contributed by atoms with Crippen LogP contribution in [-0.4, -0.2) is 49.8 Å². The monoisotopic (exact) mass is 315 g/mol. The van der Waals surface area contributed by atoms with Gasteiger partial charge in [-0.05, 0) is 0 Å². The fraction of sp³-hybridized carbons (Fsp3) is 0.385. The summed E-state index contributed by atoms with van der Waals surface area (Å²) >= 11 is 1.02. The Bertz CT molecular complexity index is 494. The molecule has 0 fully saturated rings. The summed E-state index contributed by atoms with van der Waals surface area (Å²) in [5.41, 5.74) is 0.477. The zero-order valence-electron chi connectivity index (χ0n) is 12.0. The van der Waals surface area contributed by atoms with Gasteiger partial charge in [0.1, 0.15) is 0 Å². The Hall–Kier alpha value is -2.09. The van der Waals surface area contributed by atoms with E-state index in [4.69, 9.17) is 19.3 Å². The number of thioether (sulfide) groups is 1. The summed E-state index contributed by atoms with van der Waals surface area (Å²) in [7, 11) is 4.44. The van der Waals surface area contributed by atoms with Gasteiger partial charge < -0.3 is 24.6 Å². The van der Waals surface area contributed by atoms with Gasteiger partial charge in [0.2, 0.25) is 11.7 Å². The van der Waals surface area contributed by atoms with Crippen LogP contribution in [0.1, 0.15) is 0 Å². The van der Waals surface area contributed by atoms with Crippen LogP contribution in [-0.2, 0) is 9.59 Å². The molecule has 8 heteroatoms. The van der Waals surface area contributed by atoms with Gasteiger partial charge in [-0.1, -0.05) is 0 Å². The third-order valence-corrected chi connectivity index (χ3v) is 3.32. The molecule has 0 heterocycles. The van der Waals surface area contributed by atoms with Gasteiger partial charge >= 0.3 is 5.97 Å². The third-order valence-electron chi connectivity index (χ3n) is 2.41. The van der Waals surface area contributed by atoms with Crippen molar-refractivity contribution in [3.05, 3.63) is 12.1 Å². The first-order valence-corrected chi connectivity index (χ1v) is 7.06. The minimum atomic E-state index is -0.958. The summed E-state index contributed by atoms with van der Waals surface area (Å²) in [4.78, 5) is 22.1. The van der Waals surface area contributed by atoms with Crippen LogP contribution < -0.4 is 19.5 Å². The number of carboxylic acids is 1. The zero-order valence-corrected chi connectivity index (χ0v) is 12.8. The number of benzene rings is 1. The number of methoxy groups -OCH3 is 3. The summed E-state index contributed by atoms with van der Waals surface area (Å²) in [5, 5.41) is 11.2. The Morgan fingerprint density at radius 2 is 1.67 bits per heavy atom. The number of carbonyl (C=O) groups excluding carboxylic acids is 1. The van der Waals surface area contributed by atoms with Crippen LogP contribution in [0.4, 0.5) is 5.69 Å². The molecule has 0 spiro atoms. The molecule has 21 heavy (non-hydrogen) atoms. The lowest BCUT2D eigenvalue weighted by Crippen LogP contribution is -2.15. The maximum Gasteiger partial charge on any atom is 0.313 e. The highest BCUT2D eigenvalue weighted by Gasteiger charge is 2.14. The van der Waals surface area contributed by atoms with Gasteiger partial charge in [-0.2, -0.15) is 0 Å². The molecule has 1 aromatic carbocycles. The van der Waals surface area contributed by atoms with Crippen LogP contribution in [0, 0.1) is 0 Å². The molecule has 7 nitrogen and oxygen atoms in total. The van der Waals surface area contributed by atoms with E-state index in [-0.39, 0.29) is 17.4 Å². The van der Waals surface area contributed by atoms with E-state index in [1.54, 1.807) is 12.1 Å². The molecule has 0 aliphatic heterocycles. The second kappa shape index (κ2) is 8.25. The highest BCUT2D eigenvalue weighted by Crippen LogP contribution is 2.39. The molecule has 0 atom stereocenters. The maximum absolute atomic E-state index is 11.7. The Balaban J connectivity index is 2.79. The molecule has 0 saturated heterocycles. The summed E-state index contributed by atoms with van der Waals surface area (Å²) < 4.78 is 15.5. The first-order valence-electron chi connectivity index (χ1n) is 5.91. The van der Waals surface area contributed by atoms with Gasteiger partial charge in [0.15, 0.2) is 11.5 Å². The topological polar surface area (TPSA) is 94.1 Å². The van der Waals surface area contributed by atoms with E-state index in [0.29, 0.717) is 22.9 Å². The standard InChI is InChI=1S/C13H17NO6S/c1-18-9-4-8(5-10(19-2)13(9)20-3)14-11(15)6-21-7-12(16)17/h4-5H,6-7H2,1-3H3,(H,14,15)(H,16,17). The number of carbonyl (C=O) groups is 2. The molecular weight excluding hydrogens is 298 g/mol. The predicted molar refractivity (Wildman–Crippen MR) is 79.7 cm³/mol. The quantitative estimate of drug-likeness (QED) is 0.750. The van der Waals surface area contributed by atoms with E-state index in [9.17, 15) is 9.59 Å². The van der Waals surface area contributed by atoms with Gasteiger partial charge in [0.25, 0.3) is 0 Å². The first-order chi connectivity index (χ1) is 10.0. The van der Waals surface area contributed by atoms with Crippen molar-refractivity contribution in [2.24, 2.45) is 0 Å². The van der Waals surface area contributed by atoms with E-state index in [1.807, 2.05) is 0 Å². The number of hydrogen-bond acceptors (Lipinski definition) is 6. The van der Waals surface area contributed by atoms with Gasteiger partial charge in [-0.25, -0.2) is 0 Å². The molecule has 116 valence electrons. The number of amides is 1. The molecule has 0 saturated carbocycles. The Labute approximate surface area is 126 Å². The second-order valence-electron chi connectivity index (χ2n) is 3.85. The van der Waals surface area contributed by atoms with E-state index in [0.717, 1.165) is 11.8 Å². The van der Waals surface area contributed by atoms with Crippen molar-refractivity contribution in [2.75, 3.05) is 38.2 Å². The lowest BCUT2D eigenvalue weighted by Gasteiger charge is -2.14. The molecule has 0 aromatic heterocycles. The minimum absolute atomic E-state index is 0.0446. The molecule has 0 bridgehead atoms. The van der Waals surface area contributed by atoms with Crippen LogP contribution >= 0.6 is 11.8 Å². The summed E-state index contributed by atoms with van der Waals surface area (Å²) in [6.45, 7) is 0. The van der Waals surface area contributed by atoms with Crippen molar-refractivity contribution in [1.82, 2.24) is 0 Å². The number of rotatable bonds is 8. The summed E-state index contributed by atoms with van der Waals surface area (Å²) in [5.74, 6) is -0.0731. The average molecular weight is 315 g/mol. The van der Waals surface area contributed by atoms with Crippen LogP contribution in [0.25, 0.3) is 0 Å². The Morgan fingerprint density at radius 1 is 1.10 bits per heavy atom. The molecule has 1 aromatic rings. The van der Waals surface area contributed by atoms with Crippen molar-refractivity contribution in [2.45, 2.75) is 0 Å². The molecule has 0 aliphatic carbocycles. The molecule has 2 N–H and O–H groups in total. The first kappa shape index (κ1) is 17.0. The number of aliphatic carboxylic acids is 1. The second-order valence-corrected chi connectivity index (χ2v) is 4.83. The number of carboxylic acid groups (broad SMARTS) is 1. The van der Waals surface area contributed by atoms with Gasteiger partial charge in [-0.15, -0.1) is 11.8 Å². The van der Waals surface area contributed by atoms with Crippen LogP contribution in [0.3, 0.4) is 0 Å². The number of nitrogens with one attached hydrogen (secondary N) is 1. The van der Waals surface area contributed by atoms with Gasteiger partial charge in [-0.3, -0.25) is 9.59 Å². The lowest BCUT2D eigenvalue weighted by molar-refractivity contribution is -0.133. The number of anilines is 1. The van der Waals surface area contributed by atoms with E-state index >= 15 is 0 Å². The summed E-state index contributed by atoms with van der Waals surface area (Å²) in [6.07, 6.45) is 0. The number of hydrogen-bond donors (Lipinski definition) is 2. The Kier molecular flexibility index (Phi) is 6.67. The highest BCUT2D eigenvalue weighted by atomic mass is 32.2. The number of ether oxygens (including phenoxy) is 3. The van der Waals surface area contributed by atoms with Gasteiger partial charge in [0.05, 0.1) is 32.8 Å². The predicted octanol–water partition coefficient (Wildman–Crippen LogP) is 1.47. The van der Waals surface area contributed by atoms with Crippen molar-refractivity contribution in [1.29, 1.82) is 0 Å². The fourth-order valence-electron chi connectivity index (χ4n) is 1.58. The normalized spacial score (nSPS) is 9.86. The molecule has 1 rings (SSSR count). The SMILES string of the molecule is COc1cc(NC(=O)CSCC(=O)O)cc(OC)c1OC. The third kappa shape index (κ3) is 5.07. The van der Waals surface area contributed by atoms with Crippen LogP contribution in [0.5, 0.6) is 17.2 Å². The van der Waals surface area contributed by atoms with Crippen molar-refractivity contribution in [3.8, 4) is 17.2 Å². The van der Waals surface area contributed by atoms with Crippen molar-refractivity contribution >= 4 is 29.3 Å². The summed E-state index contributed by atoms with van der Waals surface area (Å²) in [6, 6.07) is 3.20. The fourth-order valence-corrected chi connectivity index (χ4v) is 2.12. The molecular formula is C13H17NO6S. The van der Waals surface area contributed by atoms with Crippen LogP contribution in [0.2, 0.25) is 0 Å². The molecule has 0 radical (unpaired) electrons. The largest absolute Gasteiger partial charge is 0.493 e. The highest BCUT2D eigenvalue weighted by molar-refractivity contribution is 8.00. The zero-order chi connectivity index (χ0) is 15.8. The smallest absolute Gasteiger partial charge is 0.313 e. The van der Waals surface area contributed by atoms with E-state index in [2.05, 4.69) is 5.32 Å². The lowest BCUT2D eigenvalue weighted by atomic mass is 10.2. The van der Waals surface area contributed by atoms with E-state index < -0.39 is 5.97 Å². The van der Waals surface area contributed by atoms with Crippen molar-refractivity contribution < 1.29 is 28.9 Å². The van der Waals surface area contributed by atoms with E-state index in [1.165, 1.54) is 21.3 Å². The average Bonchev–Trinajstić information content (AvgIpc) is 2.45. The molecule has 0 unspecified atom stereocenters. The molecule has 0 aliphatic rings. The van der Waals surface area contributed by atoms with Gasteiger partial charge in [0, 0.05) is 17.8 Å². The Morgan fingerprint density at radius 3 is 2.10 bits per heavy atom. The van der Waals surface area contributed by atoms with Crippen LogP contribution in [0.15, 0.2) is 12.1 Å². The minimum Gasteiger partial charge on any atom is -0.493 e. The van der Waals surface area contributed by atoms with Crippen molar-refractivity contribution in [3.63, 3.8) is 0 Å².